The number of ether oxygens (including phenoxy) is 3. The third kappa shape index (κ3) is 2.69. The molecule has 2 unspecified atom stereocenters. The number of esters is 1. The van der Waals surface area contributed by atoms with Gasteiger partial charge in [-0.1, -0.05) is 48.9 Å². The maximum Gasteiger partial charge on any atom is 0.376 e. The van der Waals surface area contributed by atoms with Gasteiger partial charge < -0.3 is 14.2 Å². The van der Waals surface area contributed by atoms with E-state index in [-0.39, 0.29) is 0 Å². The fourth-order valence-electron chi connectivity index (χ4n) is 2.91. The lowest BCUT2D eigenvalue weighted by Gasteiger charge is -2.41. The number of halogens is 1. The van der Waals surface area contributed by atoms with E-state index in [1.165, 1.54) is 7.11 Å². The minimum Gasteiger partial charge on any atom is -0.464 e. The van der Waals surface area contributed by atoms with Crippen molar-refractivity contribution in [2.24, 2.45) is 0 Å². The maximum absolute atomic E-state index is 12.0. The van der Waals surface area contributed by atoms with Crippen molar-refractivity contribution in [2.75, 3.05) is 7.11 Å². The Kier molecular flexibility index (Phi) is 4.28. The van der Waals surface area contributed by atoms with Crippen LogP contribution in [0.25, 0.3) is 0 Å². The van der Waals surface area contributed by atoms with Crippen LogP contribution in [0.5, 0.6) is 5.75 Å². The molecule has 3 rings (SSSR count). The number of hydrogen-bond acceptors (Lipinski definition) is 4. The quantitative estimate of drug-likeness (QED) is 0.800. The third-order valence-corrected chi connectivity index (χ3v) is 4.29. The van der Waals surface area contributed by atoms with Gasteiger partial charge in [0.15, 0.2) is 0 Å². The Morgan fingerprint density at radius 1 is 1.26 bits per heavy atom. The average molecular weight is 333 g/mol. The Morgan fingerprint density at radius 2 is 2.00 bits per heavy atom. The van der Waals surface area contributed by atoms with Gasteiger partial charge in [0.2, 0.25) is 0 Å². The SMILES string of the molecule is CCC1(c2ccccc2)OC(C(=O)OC)Oc2ccc(Cl)cc21. The molecule has 2 aromatic rings. The maximum atomic E-state index is 12.0. The van der Waals surface area contributed by atoms with Crippen molar-refractivity contribution in [3.63, 3.8) is 0 Å². The normalized spacial score (nSPS) is 22.8. The monoisotopic (exact) mass is 332 g/mol. The van der Waals surface area contributed by atoms with E-state index in [9.17, 15) is 4.79 Å². The standard InChI is InChI=1S/C18H17ClO4/c1-3-18(12-7-5-4-6-8-12)14-11-13(19)9-10-15(14)22-17(23-18)16(20)21-2/h4-11,17H,3H2,1-2H3. The molecule has 23 heavy (non-hydrogen) atoms. The Bertz CT molecular complexity index is 716. The summed E-state index contributed by atoms with van der Waals surface area (Å²) in [4.78, 5) is 12.0. The molecule has 1 aliphatic heterocycles. The Balaban J connectivity index is 2.20. The highest BCUT2D eigenvalue weighted by atomic mass is 35.5. The van der Waals surface area contributed by atoms with Crippen molar-refractivity contribution in [3.8, 4) is 5.75 Å². The predicted molar refractivity (Wildman–Crippen MR) is 86.5 cm³/mol. The van der Waals surface area contributed by atoms with E-state index in [4.69, 9.17) is 25.8 Å². The van der Waals surface area contributed by atoms with Gasteiger partial charge in [-0.3, -0.25) is 0 Å². The van der Waals surface area contributed by atoms with Gasteiger partial charge in [-0.2, -0.15) is 0 Å². The van der Waals surface area contributed by atoms with E-state index in [0.717, 1.165) is 11.1 Å². The molecular weight excluding hydrogens is 316 g/mol. The molecule has 0 bridgehead atoms. The summed E-state index contributed by atoms with van der Waals surface area (Å²) in [5.41, 5.74) is 0.917. The Labute approximate surface area is 139 Å². The molecule has 0 fully saturated rings. The second-order valence-corrected chi connectivity index (χ2v) is 5.71. The number of carbonyl (C=O) groups is 1. The fraction of sp³-hybridized carbons (Fsp3) is 0.278. The summed E-state index contributed by atoms with van der Waals surface area (Å²) in [6.45, 7) is 2.00. The predicted octanol–water partition coefficient (Wildman–Crippen LogP) is 3.90. The summed E-state index contributed by atoms with van der Waals surface area (Å²) in [7, 11) is 1.31. The van der Waals surface area contributed by atoms with Crippen molar-refractivity contribution in [3.05, 3.63) is 64.7 Å². The van der Waals surface area contributed by atoms with E-state index in [0.29, 0.717) is 17.2 Å². The van der Waals surface area contributed by atoms with Gasteiger partial charge in [0.25, 0.3) is 0 Å². The lowest BCUT2D eigenvalue weighted by Crippen LogP contribution is -2.46. The highest BCUT2D eigenvalue weighted by molar-refractivity contribution is 6.30. The average Bonchev–Trinajstić information content (AvgIpc) is 2.61. The summed E-state index contributed by atoms with van der Waals surface area (Å²) < 4.78 is 16.5. The highest BCUT2D eigenvalue weighted by Gasteiger charge is 2.45. The van der Waals surface area contributed by atoms with E-state index in [1.807, 2.05) is 43.3 Å². The van der Waals surface area contributed by atoms with E-state index in [1.54, 1.807) is 12.1 Å². The third-order valence-electron chi connectivity index (χ3n) is 4.05. The molecule has 0 aliphatic carbocycles. The fourth-order valence-corrected chi connectivity index (χ4v) is 3.08. The molecule has 0 N–H and O–H groups in total. The number of benzene rings is 2. The minimum absolute atomic E-state index is 0.570. The van der Waals surface area contributed by atoms with Gasteiger partial charge in [-0.05, 0) is 30.2 Å². The van der Waals surface area contributed by atoms with Crippen LogP contribution in [0.1, 0.15) is 24.5 Å². The molecule has 1 heterocycles. The van der Waals surface area contributed by atoms with Gasteiger partial charge in [-0.15, -0.1) is 0 Å². The number of methoxy groups -OCH3 is 1. The Hall–Kier alpha value is -2.04. The van der Waals surface area contributed by atoms with E-state index >= 15 is 0 Å². The second-order valence-electron chi connectivity index (χ2n) is 5.28. The molecule has 5 heteroatoms. The minimum atomic E-state index is -1.12. The van der Waals surface area contributed by atoms with Crippen LogP contribution in [-0.4, -0.2) is 19.4 Å². The molecular formula is C18H17ClO4. The summed E-state index contributed by atoms with van der Waals surface area (Å²) in [5, 5.41) is 0.584. The lowest BCUT2D eigenvalue weighted by molar-refractivity contribution is -0.207. The van der Waals surface area contributed by atoms with Crippen molar-refractivity contribution in [1.29, 1.82) is 0 Å². The van der Waals surface area contributed by atoms with Crippen LogP contribution in [-0.2, 0) is 19.9 Å². The van der Waals surface area contributed by atoms with Crippen molar-refractivity contribution >= 4 is 17.6 Å². The molecule has 0 saturated carbocycles. The van der Waals surface area contributed by atoms with Gasteiger partial charge in [-0.25, -0.2) is 4.79 Å². The zero-order valence-electron chi connectivity index (χ0n) is 12.9. The molecule has 0 radical (unpaired) electrons. The van der Waals surface area contributed by atoms with E-state index in [2.05, 4.69) is 0 Å². The molecule has 0 aromatic heterocycles. The van der Waals surface area contributed by atoms with Crippen LogP contribution in [0.3, 0.4) is 0 Å². The molecule has 2 atom stereocenters. The summed E-state index contributed by atoms with van der Waals surface area (Å²) >= 11 is 6.17. The molecule has 1 aliphatic rings. The van der Waals surface area contributed by atoms with Gasteiger partial charge in [0, 0.05) is 10.6 Å². The van der Waals surface area contributed by atoms with Crippen LogP contribution < -0.4 is 4.74 Å². The van der Waals surface area contributed by atoms with Crippen LogP contribution >= 0.6 is 11.6 Å². The zero-order valence-corrected chi connectivity index (χ0v) is 13.7. The molecule has 0 amide bonds. The summed E-state index contributed by atoms with van der Waals surface area (Å²) in [6, 6.07) is 15.0. The first-order valence-corrected chi connectivity index (χ1v) is 7.76. The van der Waals surface area contributed by atoms with Crippen LogP contribution in [0.4, 0.5) is 0 Å². The molecule has 4 nitrogen and oxygen atoms in total. The van der Waals surface area contributed by atoms with Crippen LogP contribution in [0.15, 0.2) is 48.5 Å². The lowest BCUT2D eigenvalue weighted by atomic mass is 9.82. The number of rotatable bonds is 3. The van der Waals surface area contributed by atoms with Gasteiger partial charge >= 0.3 is 12.3 Å². The van der Waals surface area contributed by atoms with Crippen LogP contribution in [0.2, 0.25) is 5.02 Å². The second kappa shape index (κ2) is 6.22. The van der Waals surface area contributed by atoms with Gasteiger partial charge in [0.1, 0.15) is 11.4 Å². The number of hydrogen-bond donors (Lipinski definition) is 0. The zero-order chi connectivity index (χ0) is 16.4. The Morgan fingerprint density at radius 3 is 2.65 bits per heavy atom. The first kappa shape index (κ1) is 15.8. The van der Waals surface area contributed by atoms with Crippen molar-refractivity contribution < 1.29 is 19.0 Å². The van der Waals surface area contributed by atoms with Crippen molar-refractivity contribution in [1.82, 2.24) is 0 Å². The smallest absolute Gasteiger partial charge is 0.376 e. The first-order chi connectivity index (χ1) is 11.1. The summed E-state index contributed by atoms with van der Waals surface area (Å²) in [5.74, 6) is 0.00103. The summed E-state index contributed by atoms with van der Waals surface area (Å²) in [6.07, 6.45) is -0.505. The van der Waals surface area contributed by atoms with E-state index < -0.39 is 17.9 Å². The number of fused-ring (bicyclic) bond motifs is 1. The van der Waals surface area contributed by atoms with Crippen molar-refractivity contribution in [2.45, 2.75) is 25.2 Å². The first-order valence-electron chi connectivity index (χ1n) is 7.38. The van der Waals surface area contributed by atoms with Crippen LogP contribution in [0, 0.1) is 0 Å². The topological polar surface area (TPSA) is 44.8 Å². The molecule has 0 spiro atoms. The highest BCUT2D eigenvalue weighted by Crippen LogP contribution is 2.46. The molecule has 120 valence electrons. The van der Waals surface area contributed by atoms with Gasteiger partial charge in [0.05, 0.1) is 7.11 Å². The largest absolute Gasteiger partial charge is 0.464 e. The number of carbonyl (C=O) groups excluding carboxylic acids is 1. The molecule has 2 aromatic carbocycles. The molecule has 0 saturated heterocycles.